The first-order valence-electron chi connectivity index (χ1n) is 7.21. The van der Waals surface area contributed by atoms with Crippen LogP contribution in [0.15, 0.2) is 0 Å². The predicted octanol–water partition coefficient (Wildman–Crippen LogP) is 4.44. The van der Waals surface area contributed by atoms with Gasteiger partial charge in [0.05, 0.1) is 0 Å². The van der Waals surface area contributed by atoms with E-state index in [1.807, 2.05) is 0 Å². The predicted molar refractivity (Wildman–Crippen MR) is 68.2 cm³/mol. The summed E-state index contributed by atoms with van der Waals surface area (Å²) in [6, 6.07) is 0. The Hall–Kier alpha value is 0.100. The average molecular weight is 239 g/mol. The summed E-state index contributed by atoms with van der Waals surface area (Å²) in [4.78, 5) is 0. The van der Waals surface area contributed by atoms with Gasteiger partial charge in [-0.05, 0) is 50.4 Å². The first-order valence-corrected chi connectivity index (χ1v) is 8.73. The van der Waals surface area contributed by atoms with Crippen molar-refractivity contribution in [2.45, 2.75) is 57.5 Å². The summed E-state index contributed by atoms with van der Waals surface area (Å²) in [7, 11) is -0.886. The van der Waals surface area contributed by atoms with E-state index < -0.39 is 7.80 Å². The second kappa shape index (κ2) is 4.41. The zero-order chi connectivity index (χ0) is 11.1. The molecule has 2 heteroatoms. The van der Waals surface area contributed by atoms with Gasteiger partial charge in [0.2, 0.25) is 0 Å². The van der Waals surface area contributed by atoms with Crippen LogP contribution in [0.25, 0.3) is 0 Å². The van der Waals surface area contributed by atoms with Crippen molar-refractivity contribution in [3.8, 4) is 0 Å². The number of rotatable bonds is 4. The van der Waals surface area contributed by atoms with Crippen molar-refractivity contribution in [3.63, 3.8) is 0 Å². The van der Waals surface area contributed by atoms with Crippen molar-refractivity contribution in [3.05, 3.63) is 0 Å². The van der Waals surface area contributed by atoms with E-state index >= 15 is 0 Å². The standard InChI is InChI=1S/C14H24OP/c1-2-3-4-16(15)14-12-6-10-5-11(8-12)9-13(14)7-10/h10-14H,2-9H2,1H3/q+1. The molecule has 16 heavy (non-hydrogen) atoms. The molecule has 4 saturated carbocycles. The summed E-state index contributed by atoms with van der Waals surface area (Å²) in [5.74, 6) is 3.76. The molecule has 1 unspecified atom stereocenters. The Morgan fingerprint density at radius 2 is 1.56 bits per heavy atom. The van der Waals surface area contributed by atoms with E-state index in [0.29, 0.717) is 5.66 Å². The fourth-order valence-corrected chi connectivity index (χ4v) is 7.18. The van der Waals surface area contributed by atoms with Gasteiger partial charge < -0.3 is 0 Å². The number of unbranched alkanes of at least 4 members (excludes halogenated alkanes) is 1. The highest BCUT2D eigenvalue weighted by atomic mass is 31.1. The average Bonchev–Trinajstić information content (AvgIpc) is 2.24. The lowest BCUT2D eigenvalue weighted by atomic mass is 9.56. The minimum atomic E-state index is -0.886. The van der Waals surface area contributed by atoms with Gasteiger partial charge in [-0.2, -0.15) is 0 Å². The maximum atomic E-state index is 12.4. The van der Waals surface area contributed by atoms with Crippen LogP contribution in [0.2, 0.25) is 0 Å². The Balaban J connectivity index is 1.69. The lowest BCUT2D eigenvalue weighted by Gasteiger charge is -2.50. The maximum Gasteiger partial charge on any atom is 0.342 e. The van der Waals surface area contributed by atoms with E-state index in [1.54, 1.807) is 0 Å². The molecule has 0 aromatic rings. The van der Waals surface area contributed by atoms with Crippen LogP contribution in [-0.2, 0) is 4.57 Å². The molecule has 0 aliphatic heterocycles. The van der Waals surface area contributed by atoms with Gasteiger partial charge in [0, 0.05) is 11.8 Å². The van der Waals surface area contributed by atoms with Crippen LogP contribution in [0.1, 0.15) is 51.9 Å². The van der Waals surface area contributed by atoms with Crippen LogP contribution in [0, 0.1) is 23.7 Å². The first-order chi connectivity index (χ1) is 7.78. The van der Waals surface area contributed by atoms with Crippen molar-refractivity contribution in [1.29, 1.82) is 0 Å². The lowest BCUT2D eigenvalue weighted by Crippen LogP contribution is -2.46. The molecule has 0 aromatic carbocycles. The smallest absolute Gasteiger partial charge is 0.0745 e. The monoisotopic (exact) mass is 239 g/mol. The third kappa shape index (κ3) is 1.86. The highest BCUT2D eigenvalue weighted by molar-refractivity contribution is 7.45. The minimum absolute atomic E-state index is 0.634. The van der Waals surface area contributed by atoms with Gasteiger partial charge in [0.25, 0.3) is 0 Å². The molecule has 90 valence electrons. The van der Waals surface area contributed by atoms with Gasteiger partial charge >= 0.3 is 7.80 Å². The molecule has 0 amide bonds. The highest BCUT2D eigenvalue weighted by Gasteiger charge is 2.55. The van der Waals surface area contributed by atoms with Gasteiger partial charge in [-0.15, -0.1) is 0 Å². The summed E-state index contributed by atoms with van der Waals surface area (Å²) >= 11 is 0. The van der Waals surface area contributed by atoms with Crippen LogP contribution in [0.4, 0.5) is 0 Å². The summed E-state index contributed by atoms with van der Waals surface area (Å²) in [6.45, 7) is 2.21. The van der Waals surface area contributed by atoms with Crippen LogP contribution in [-0.4, -0.2) is 11.8 Å². The largest absolute Gasteiger partial charge is 0.342 e. The molecular weight excluding hydrogens is 215 g/mol. The Labute approximate surface area is 100 Å². The zero-order valence-electron chi connectivity index (χ0n) is 10.4. The molecule has 1 atom stereocenters. The van der Waals surface area contributed by atoms with Gasteiger partial charge in [0.1, 0.15) is 6.16 Å². The third-order valence-corrected chi connectivity index (χ3v) is 7.51. The van der Waals surface area contributed by atoms with Crippen LogP contribution < -0.4 is 0 Å². The topological polar surface area (TPSA) is 17.1 Å². The van der Waals surface area contributed by atoms with Crippen LogP contribution in [0.5, 0.6) is 0 Å². The van der Waals surface area contributed by atoms with E-state index in [9.17, 15) is 4.57 Å². The molecule has 0 N–H and O–H groups in total. The second-order valence-electron chi connectivity index (χ2n) is 6.42. The molecule has 4 rings (SSSR count). The summed E-state index contributed by atoms with van der Waals surface area (Å²) in [5.41, 5.74) is 0.634. The second-order valence-corrected chi connectivity index (χ2v) is 8.29. The zero-order valence-corrected chi connectivity index (χ0v) is 11.3. The Morgan fingerprint density at radius 1 is 1.00 bits per heavy atom. The van der Waals surface area contributed by atoms with Gasteiger partial charge in [0.15, 0.2) is 5.66 Å². The molecule has 1 nitrogen and oxygen atoms in total. The van der Waals surface area contributed by atoms with Crippen molar-refractivity contribution < 1.29 is 4.57 Å². The molecule has 4 aliphatic rings. The molecule has 4 aliphatic carbocycles. The van der Waals surface area contributed by atoms with Crippen molar-refractivity contribution in [1.82, 2.24) is 0 Å². The Kier molecular flexibility index (Phi) is 3.09. The molecule has 0 radical (unpaired) electrons. The van der Waals surface area contributed by atoms with E-state index in [-0.39, 0.29) is 0 Å². The van der Waals surface area contributed by atoms with Crippen molar-refractivity contribution in [2.24, 2.45) is 23.7 Å². The van der Waals surface area contributed by atoms with Crippen LogP contribution >= 0.6 is 7.80 Å². The summed E-state index contributed by atoms with van der Waals surface area (Å²) in [5, 5.41) is 0. The molecule has 0 spiro atoms. The molecule has 4 bridgehead atoms. The minimum Gasteiger partial charge on any atom is -0.0745 e. The lowest BCUT2D eigenvalue weighted by molar-refractivity contribution is 0.0240. The fourth-order valence-electron chi connectivity index (χ4n) is 4.83. The summed E-state index contributed by atoms with van der Waals surface area (Å²) in [6.07, 6.45) is 10.6. The molecule has 0 saturated heterocycles. The number of hydrogen-bond donors (Lipinski definition) is 0. The van der Waals surface area contributed by atoms with E-state index in [4.69, 9.17) is 0 Å². The molecule has 0 heterocycles. The Bertz CT molecular complexity index is 258. The third-order valence-electron chi connectivity index (χ3n) is 5.24. The summed E-state index contributed by atoms with van der Waals surface area (Å²) < 4.78 is 12.4. The fraction of sp³-hybridized carbons (Fsp3) is 1.00. The van der Waals surface area contributed by atoms with Gasteiger partial charge in [-0.1, -0.05) is 17.9 Å². The van der Waals surface area contributed by atoms with E-state index in [2.05, 4.69) is 6.92 Å². The number of hydrogen-bond acceptors (Lipinski definition) is 1. The highest BCUT2D eigenvalue weighted by Crippen LogP contribution is 2.60. The molecular formula is C14H24OP+. The maximum absolute atomic E-state index is 12.4. The van der Waals surface area contributed by atoms with Gasteiger partial charge in [-0.25, -0.2) is 0 Å². The Morgan fingerprint density at radius 3 is 2.06 bits per heavy atom. The first kappa shape index (κ1) is 11.2. The molecule has 4 fully saturated rings. The van der Waals surface area contributed by atoms with Gasteiger partial charge in [-0.3, -0.25) is 0 Å². The van der Waals surface area contributed by atoms with Crippen molar-refractivity contribution >= 4 is 7.80 Å². The van der Waals surface area contributed by atoms with Crippen molar-refractivity contribution in [2.75, 3.05) is 6.16 Å². The van der Waals surface area contributed by atoms with E-state index in [0.717, 1.165) is 29.8 Å². The SMILES string of the molecule is CCCC[P+](=O)C1C2CC3CC(C2)CC1C3. The normalized spacial score (nSPS) is 46.1. The molecule has 0 aromatic heterocycles. The van der Waals surface area contributed by atoms with Crippen LogP contribution in [0.3, 0.4) is 0 Å². The van der Waals surface area contributed by atoms with E-state index in [1.165, 1.54) is 44.9 Å². The quantitative estimate of drug-likeness (QED) is 0.663.